The van der Waals surface area contributed by atoms with Crippen LogP contribution in [0.1, 0.15) is 0 Å². The third-order valence-corrected chi connectivity index (χ3v) is 6.17. The number of rotatable bonds is 4. The summed E-state index contributed by atoms with van der Waals surface area (Å²) >= 11 is 6.06. The summed E-state index contributed by atoms with van der Waals surface area (Å²) in [6.45, 7) is 3.66. The Morgan fingerprint density at radius 1 is 1.12 bits per heavy atom. The summed E-state index contributed by atoms with van der Waals surface area (Å²) < 4.78 is 20.5. The Morgan fingerprint density at radius 3 is 2.69 bits per heavy atom. The molecular weight excluding hydrogens is 370 g/mol. The summed E-state index contributed by atoms with van der Waals surface area (Å²) in [5, 5.41) is 5.00. The number of methoxy groups -OCH3 is 1. The van der Waals surface area contributed by atoms with Gasteiger partial charge in [0.1, 0.15) is 5.75 Å². The van der Waals surface area contributed by atoms with E-state index in [1.807, 2.05) is 48.7 Å². The van der Waals surface area contributed by atoms with E-state index in [1.165, 1.54) is 0 Å². The van der Waals surface area contributed by atoms with E-state index in [9.17, 15) is 4.21 Å². The topological polar surface area (TPSA) is 46.5 Å². The Labute approximate surface area is 160 Å². The first-order valence-corrected chi connectivity index (χ1v) is 9.98. The number of benzene rings is 2. The average Bonchev–Trinajstić information content (AvgIpc) is 3.10. The lowest BCUT2D eigenvalue weighted by molar-refractivity contribution is 0.412. The number of piperazine rings is 1. The number of nitrogens with one attached hydrogen (secondary N) is 1. The molecule has 1 fully saturated rings. The molecule has 1 saturated heterocycles. The zero-order chi connectivity index (χ0) is 18.1. The van der Waals surface area contributed by atoms with Gasteiger partial charge in [0.2, 0.25) is 0 Å². The van der Waals surface area contributed by atoms with Crippen LogP contribution in [0.3, 0.4) is 0 Å². The summed E-state index contributed by atoms with van der Waals surface area (Å²) in [6, 6.07) is 13.3. The van der Waals surface area contributed by atoms with E-state index in [2.05, 4.69) is 10.2 Å². The monoisotopic (exact) mass is 389 g/mol. The Morgan fingerprint density at radius 2 is 1.92 bits per heavy atom. The molecule has 2 aromatic carbocycles. The van der Waals surface area contributed by atoms with Gasteiger partial charge in [-0.3, -0.25) is 3.97 Å². The number of fused-ring (bicyclic) bond motifs is 1. The van der Waals surface area contributed by atoms with Crippen molar-refractivity contribution in [1.82, 2.24) is 9.29 Å². The maximum absolute atomic E-state index is 13.2. The lowest BCUT2D eigenvalue weighted by atomic mass is 10.2. The predicted octanol–water partition coefficient (Wildman–Crippen LogP) is 3.28. The molecule has 136 valence electrons. The van der Waals surface area contributed by atoms with E-state index < -0.39 is 11.0 Å². The van der Waals surface area contributed by atoms with Crippen LogP contribution in [0.4, 0.5) is 5.69 Å². The van der Waals surface area contributed by atoms with Crippen molar-refractivity contribution in [3.8, 4) is 5.75 Å². The first-order valence-electron chi connectivity index (χ1n) is 8.50. The smallest absolute Gasteiger partial charge is 0.157 e. The largest absolute Gasteiger partial charge is 0.495 e. The minimum atomic E-state index is -1.35. The summed E-state index contributed by atoms with van der Waals surface area (Å²) in [6.07, 6.45) is 1.84. The molecule has 2 heterocycles. The van der Waals surface area contributed by atoms with E-state index in [-0.39, 0.29) is 0 Å². The molecule has 0 amide bonds. The highest BCUT2D eigenvalue weighted by atomic mass is 35.5. The molecule has 1 aliphatic rings. The van der Waals surface area contributed by atoms with Crippen molar-refractivity contribution < 1.29 is 8.95 Å². The highest BCUT2D eigenvalue weighted by Crippen LogP contribution is 2.32. The number of ether oxygens (including phenoxy) is 1. The van der Waals surface area contributed by atoms with E-state index in [1.54, 1.807) is 11.1 Å². The van der Waals surface area contributed by atoms with Gasteiger partial charge >= 0.3 is 0 Å². The number of halogens is 1. The van der Waals surface area contributed by atoms with Gasteiger partial charge in [-0.15, -0.1) is 0 Å². The standard InChI is InChI=1S/C19H20ClN3O2S/c1-25-19-5-3-16(13-18(19)22-10-7-21-8-11-22)26(24)23-9-6-14-12-15(20)2-4-17(14)23/h2-6,9,12-13,21H,7-8,10-11H2,1H3. The Balaban J connectivity index is 1.73. The normalized spacial score (nSPS) is 16.0. The molecule has 0 radical (unpaired) electrons. The van der Waals surface area contributed by atoms with Crippen LogP contribution in [0, 0.1) is 0 Å². The second-order valence-electron chi connectivity index (χ2n) is 6.16. The van der Waals surface area contributed by atoms with Crippen molar-refractivity contribution in [2.24, 2.45) is 0 Å². The quantitative estimate of drug-likeness (QED) is 0.743. The first-order chi connectivity index (χ1) is 12.7. The summed E-state index contributed by atoms with van der Waals surface area (Å²) in [5.41, 5.74) is 1.88. The Bertz CT molecular complexity index is 967. The van der Waals surface area contributed by atoms with Crippen LogP contribution < -0.4 is 15.0 Å². The first kappa shape index (κ1) is 17.4. The van der Waals surface area contributed by atoms with E-state index in [4.69, 9.17) is 16.3 Å². The molecule has 3 aromatic rings. The maximum atomic E-state index is 13.2. The predicted molar refractivity (Wildman–Crippen MR) is 107 cm³/mol. The molecule has 1 atom stereocenters. The van der Waals surface area contributed by atoms with Crippen molar-refractivity contribution in [2.45, 2.75) is 4.90 Å². The highest BCUT2D eigenvalue weighted by molar-refractivity contribution is 7.83. The fourth-order valence-electron chi connectivity index (χ4n) is 3.28. The summed E-state index contributed by atoms with van der Waals surface area (Å²) in [5.74, 6) is 0.803. The number of hydrogen-bond acceptors (Lipinski definition) is 4. The molecule has 4 rings (SSSR count). The zero-order valence-electron chi connectivity index (χ0n) is 14.4. The van der Waals surface area contributed by atoms with Crippen molar-refractivity contribution in [2.75, 3.05) is 38.2 Å². The zero-order valence-corrected chi connectivity index (χ0v) is 16.0. The lowest BCUT2D eigenvalue weighted by Gasteiger charge is -2.30. The molecule has 0 aliphatic carbocycles. The van der Waals surface area contributed by atoms with Crippen LogP contribution in [-0.2, 0) is 11.0 Å². The second kappa shape index (κ2) is 7.31. The van der Waals surface area contributed by atoms with Gasteiger partial charge in [-0.1, -0.05) is 11.6 Å². The molecule has 1 aliphatic heterocycles. The van der Waals surface area contributed by atoms with Crippen LogP contribution in [0.2, 0.25) is 5.02 Å². The van der Waals surface area contributed by atoms with Gasteiger partial charge in [-0.05, 0) is 42.5 Å². The van der Waals surface area contributed by atoms with Gasteiger partial charge in [0.15, 0.2) is 11.0 Å². The SMILES string of the molecule is COc1ccc(S(=O)n2ccc3cc(Cl)ccc32)cc1N1CCNCC1. The van der Waals surface area contributed by atoms with Gasteiger partial charge in [0.25, 0.3) is 0 Å². The average molecular weight is 390 g/mol. The number of anilines is 1. The minimum Gasteiger partial charge on any atom is -0.495 e. The van der Waals surface area contributed by atoms with Crippen molar-refractivity contribution in [3.63, 3.8) is 0 Å². The molecular formula is C19H20ClN3O2S. The molecule has 0 bridgehead atoms. The van der Waals surface area contributed by atoms with E-state index >= 15 is 0 Å². The second-order valence-corrected chi connectivity index (χ2v) is 7.96. The summed E-state index contributed by atoms with van der Waals surface area (Å²) in [7, 11) is 0.321. The molecule has 26 heavy (non-hydrogen) atoms. The number of hydrogen-bond donors (Lipinski definition) is 1. The van der Waals surface area contributed by atoms with Crippen LogP contribution in [0.25, 0.3) is 10.9 Å². The van der Waals surface area contributed by atoms with Crippen LogP contribution in [0.5, 0.6) is 5.75 Å². The summed E-state index contributed by atoms with van der Waals surface area (Å²) in [4.78, 5) is 3.01. The van der Waals surface area contributed by atoms with Crippen LogP contribution in [-0.4, -0.2) is 41.5 Å². The number of nitrogens with zero attached hydrogens (tertiary/aromatic N) is 2. The molecule has 7 heteroatoms. The minimum absolute atomic E-state index is 0.673. The third kappa shape index (κ3) is 3.20. The van der Waals surface area contributed by atoms with Gasteiger partial charge in [-0.25, -0.2) is 4.21 Å². The maximum Gasteiger partial charge on any atom is 0.157 e. The van der Waals surface area contributed by atoms with Crippen LogP contribution >= 0.6 is 11.6 Å². The molecule has 1 N–H and O–H groups in total. The van der Waals surface area contributed by atoms with Crippen LogP contribution in [0.15, 0.2) is 53.6 Å². The molecule has 1 aromatic heterocycles. The lowest BCUT2D eigenvalue weighted by Crippen LogP contribution is -2.43. The van der Waals surface area contributed by atoms with E-state index in [0.29, 0.717) is 5.02 Å². The molecule has 5 nitrogen and oxygen atoms in total. The Hall–Kier alpha value is -2.02. The van der Waals surface area contributed by atoms with Gasteiger partial charge < -0.3 is 15.0 Å². The number of aromatic nitrogens is 1. The molecule has 0 saturated carbocycles. The third-order valence-electron chi connectivity index (χ3n) is 4.60. The van der Waals surface area contributed by atoms with Crippen molar-refractivity contribution in [3.05, 3.63) is 53.7 Å². The highest BCUT2D eigenvalue weighted by Gasteiger charge is 2.18. The van der Waals surface area contributed by atoms with Gasteiger partial charge in [0.05, 0.1) is 23.2 Å². The fourth-order valence-corrected chi connectivity index (χ4v) is 4.60. The van der Waals surface area contributed by atoms with Crippen molar-refractivity contribution in [1.29, 1.82) is 0 Å². The van der Waals surface area contributed by atoms with Gasteiger partial charge in [0, 0.05) is 42.8 Å². The van der Waals surface area contributed by atoms with Crippen molar-refractivity contribution >= 4 is 39.2 Å². The fraction of sp³-hybridized carbons (Fsp3) is 0.263. The van der Waals surface area contributed by atoms with Gasteiger partial charge in [-0.2, -0.15) is 0 Å². The molecule has 0 spiro atoms. The molecule has 1 unspecified atom stereocenters. The Kier molecular flexibility index (Phi) is 4.89. The van der Waals surface area contributed by atoms with E-state index in [0.717, 1.165) is 53.4 Å².